The van der Waals surface area contributed by atoms with Gasteiger partial charge in [0.15, 0.2) is 6.10 Å². The zero-order valence-electron chi connectivity index (χ0n) is 20.5. The average molecular weight is 451 g/mol. The number of hydrogen-bond donors (Lipinski definition) is 2. The molecule has 0 aromatic rings. The number of allylic oxidation sites excluding steroid dienone is 2. The maximum Gasteiger partial charge on any atom is 0.334 e. The van der Waals surface area contributed by atoms with Crippen molar-refractivity contribution in [2.24, 2.45) is 17.3 Å². The fraction of sp³-hybridized carbons (Fsp3) is 0.720. The number of fused-ring (bicyclic) bond motifs is 1. The quantitative estimate of drug-likeness (QED) is 0.488. The van der Waals surface area contributed by atoms with Crippen LogP contribution in [0.4, 0.5) is 0 Å². The van der Waals surface area contributed by atoms with E-state index >= 15 is 0 Å². The molecule has 32 heavy (non-hydrogen) atoms. The molecule has 0 spiro atoms. The van der Waals surface area contributed by atoms with Gasteiger partial charge in [0.2, 0.25) is 5.78 Å². The summed E-state index contributed by atoms with van der Waals surface area (Å²) in [5.74, 6) is -2.80. The SMILES string of the molecule is C/C=C(/C)C(=O)O[C@H]1C[C@@](C)(O)C(=O)[C@@H](OC(=O)/C(C)=C\C)[C@@]2(C)CC[C@@](O)(C(C)C)[C@H]12. The first-order chi connectivity index (χ1) is 14.7. The van der Waals surface area contributed by atoms with Crippen LogP contribution >= 0.6 is 0 Å². The Bertz CT molecular complexity index is 837. The first kappa shape index (κ1) is 26.3. The third kappa shape index (κ3) is 4.42. The van der Waals surface area contributed by atoms with Crippen molar-refractivity contribution in [3.05, 3.63) is 23.3 Å². The molecule has 0 heterocycles. The van der Waals surface area contributed by atoms with Crippen LogP contribution in [0, 0.1) is 17.3 Å². The smallest absolute Gasteiger partial charge is 0.334 e. The summed E-state index contributed by atoms with van der Waals surface area (Å²) in [5.41, 5.74) is -3.49. The number of esters is 2. The lowest BCUT2D eigenvalue weighted by molar-refractivity contribution is -0.176. The van der Waals surface area contributed by atoms with Crippen molar-refractivity contribution in [1.82, 2.24) is 0 Å². The van der Waals surface area contributed by atoms with E-state index in [9.17, 15) is 24.6 Å². The normalized spacial score (nSPS) is 38.3. The van der Waals surface area contributed by atoms with Gasteiger partial charge in [-0.2, -0.15) is 0 Å². The van der Waals surface area contributed by atoms with E-state index in [4.69, 9.17) is 9.47 Å². The molecule has 7 nitrogen and oxygen atoms in total. The monoisotopic (exact) mass is 450 g/mol. The Labute approximate surface area is 190 Å². The number of ketones is 1. The van der Waals surface area contributed by atoms with Gasteiger partial charge < -0.3 is 19.7 Å². The van der Waals surface area contributed by atoms with Gasteiger partial charge in [-0.05, 0) is 53.4 Å². The lowest BCUT2D eigenvalue weighted by Crippen LogP contribution is -2.54. The third-order valence-electron chi connectivity index (χ3n) is 7.64. The van der Waals surface area contributed by atoms with Crippen LogP contribution in [0.5, 0.6) is 0 Å². The lowest BCUT2D eigenvalue weighted by atomic mass is 9.66. The molecule has 0 aliphatic heterocycles. The predicted molar refractivity (Wildman–Crippen MR) is 119 cm³/mol. The van der Waals surface area contributed by atoms with Crippen LogP contribution in [0.3, 0.4) is 0 Å². The summed E-state index contributed by atoms with van der Waals surface area (Å²) in [4.78, 5) is 38.8. The molecule has 0 amide bonds. The largest absolute Gasteiger partial charge is 0.458 e. The molecule has 0 unspecified atom stereocenters. The van der Waals surface area contributed by atoms with Crippen molar-refractivity contribution in [2.75, 3.05) is 0 Å². The number of ether oxygens (including phenoxy) is 2. The fourth-order valence-electron chi connectivity index (χ4n) is 5.20. The van der Waals surface area contributed by atoms with E-state index in [1.54, 1.807) is 46.8 Å². The van der Waals surface area contributed by atoms with E-state index in [1.807, 2.05) is 13.8 Å². The fourth-order valence-corrected chi connectivity index (χ4v) is 5.20. The number of carbonyl (C=O) groups is 3. The predicted octanol–water partition coefficient (Wildman–Crippen LogP) is 3.27. The highest BCUT2D eigenvalue weighted by Crippen LogP contribution is 2.59. The van der Waals surface area contributed by atoms with Crippen molar-refractivity contribution in [1.29, 1.82) is 0 Å². The minimum absolute atomic E-state index is 0.194. The summed E-state index contributed by atoms with van der Waals surface area (Å²) in [6, 6.07) is 0. The Hall–Kier alpha value is -1.99. The van der Waals surface area contributed by atoms with Crippen LogP contribution in [0.25, 0.3) is 0 Å². The molecule has 2 fully saturated rings. The van der Waals surface area contributed by atoms with Gasteiger partial charge in [-0.15, -0.1) is 0 Å². The standard InChI is InChI=1S/C25H38O7/c1-9-15(5)21(27)31-17-13-24(8,29)19(26)20(32-22(28)16(6)10-2)23(7)11-12-25(30,14(3)4)18(17)23/h9-10,14,17-18,20,29-30H,11-13H2,1-8H3/b15-9-,16-10-/t17-,18+,20+,23-,24+,25+/m0/s1. The van der Waals surface area contributed by atoms with Gasteiger partial charge in [0.05, 0.1) is 5.60 Å². The molecule has 2 rings (SSSR count). The van der Waals surface area contributed by atoms with Crippen LogP contribution in [0.2, 0.25) is 0 Å². The second kappa shape index (κ2) is 9.10. The molecule has 0 aromatic carbocycles. The second-order valence-electron chi connectivity index (χ2n) is 10.1. The minimum atomic E-state index is -1.91. The summed E-state index contributed by atoms with van der Waals surface area (Å²) in [6.07, 6.45) is 1.51. The highest BCUT2D eigenvalue weighted by atomic mass is 16.6. The Kier molecular flexibility index (Phi) is 7.47. The summed E-state index contributed by atoms with van der Waals surface area (Å²) >= 11 is 0. The Balaban J connectivity index is 2.67. The molecule has 7 heteroatoms. The molecule has 180 valence electrons. The molecular formula is C25H38O7. The summed E-state index contributed by atoms with van der Waals surface area (Å²) in [7, 11) is 0. The lowest BCUT2D eigenvalue weighted by Gasteiger charge is -2.44. The topological polar surface area (TPSA) is 110 Å². The van der Waals surface area contributed by atoms with E-state index in [2.05, 4.69) is 0 Å². The van der Waals surface area contributed by atoms with Crippen molar-refractivity contribution < 1.29 is 34.1 Å². The highest BCUT2D eigenvalue weighted by Gasteiger charge is 2.68. The molecule has 0 saturated heterocycles. The first-order valence-electron chi connectivity index (χ1n) is 11.3. The van der Waals surface area contributed by atoms with Crippen LogP contribution in [-0.4, -0.2) is 51.3 Å². The average Bonchev–Trinajstić information content (AvgIpc) is 2.98. The number of Topliss-reactive ketones (excluding diaryl/α,β-unsaturated/α-hetero) is 1. The van der Waals surface area contributed by atoms with E-state index in [0.717, 1.165) is 0 Å². The number of hydrogen-bond acceptors (Lipinski definition) is 7. The molecule has 2 saturated carbocycles. The first-order valence-corrected chi connectivity index (χ1v) is 11.3. The number of rotatable bonds is 5. The summed E-state index contributed by atoms with van der Waals surface area (Å²) in [5, 5.41) is 22.9. The van der Waals surface area contributed by atoms with Gasteiger partial charge in [0.1, 0.15) is 11.7 Å². The van der Waals surface area contributed by atoms with E-state index in [1.165, 1.54) is 6.92 Å². The number of aliphatic hydroxyl groups is 2. The molecule has 6 atom stereocenters. The van der Waals surface area contributed by atoms with Crippen molar-refractivity contribution in [2.45, 2.75) is 98.1 Å². The summed E-state index contributed by atoms with van der Waals surface area (Å²) in [6.45, 7) is 13.5. The summed E-state index contributed by atoms with van der Waals surface area (Å²) < 4.78 is 11.5. The zero-order valence-corrected chi connectivity index (χ0v) is 20.5. The van der Waals surface area contributed by atoms with Crippen LogP contribution in [-0.2, 0) is 23.9 Å². The maximum absolute atomic E-state index is 13.5. The molecule has 2 aliphatic carbocycles. The van der Waals surface area contributed by atoms with Gasteiger partial charge >= 0.3 is 11.9 Å². The molecule has 2 N–H and O–H groups in total. The second-order valence-corrected chi connectivity index (χ2v) is 10.1. The van der Waals surface area contributed by atoms with Crippen molar-refractivity contribution in [3.8, 4) is 0 Å². The van der Waals surface area contributed by atoms with Gasteiger partial charge in [0.25, 0.3) is 0 Å². The Morgan fingerprint density at radius 2 is 1.50 bits per heavy atom. The Morgan fingerprint density at radius 1 is 1.00 bits per heavy atom. The maximum atomic E-state index is 13.5. The Morgan fingerprint density at radius 3 is 1.97 bits per heavy atom. The van der Waals surface area contributed by atoms with Gasteiger partial charge in [0, 0.05) is 28.9 Å². The zero-order chi connectivity index (χ0) is 24.6. The van der Waals surface area contributed by atoms with Crippen molar-refractivity contribution in [3.63, 3.8) is 0 Å². The van der Waals surface area contributed by atoms with E-state index < -0.39 is 52.5 Å². The molecule has 0 radical (unpaired) electrons. The van der Waals surface area contributed by atoms with Crippen molar-refractivity contribution >= 4 is 17.7 Å². The highest BCUT2D eigenvalue weighted by molar-refractivity contribution is 5.96. The van der Waals surface area contributed by atoms with E-state index in [0.29, 0.717) is 24.0 Å². The minimum Gasteiger partial charge on any atom is -0.458 e. The van der Waals surface area contributed by atoms with Gasteiger partial charge in [-0.3, -0.25) is 4.79 Å². The van der Waals surface area contributed by atoms with Gasteiger partial charge in [-0.1, -0.05) is 32.9 Å². The molecule has 2 aliphatic rings. The van der Waals surface area contributed by atoms with E-state index in [-0.39, 0.29) is 12.3 Å². The van der Waals surface area contributed by atoms with Crippen LogP contribution in [0.15, 0.2) is 23.3 Å². The molecular weight excluding hydrogens is 412 g/mol. The number of carbonyl (C=O) groups excluding carboxylic acids is 3. The molecule has 0 bridgehead atoms. The third-order valence-corrected chi connectivity index (χ3v) is 7.64. The van der Waals surface area contributed by atoms with Crippen LogP contribution in [0.1, 0.15) is 74.7 Å². The molecule has 0 aromatic heterocycles. The van der Waals surface area contributed by atoms with Gasteiger partial charge in [-0.25, -0.2) is 9.59 Å². The van der Waals surface area contributed by atoms with Crippen LogP contribution < -0.4 is 0 Å².